The molecule has 0 saturated heterocycles. The lowest BCUT2D eigenvalue weighted by atomic mass is 10.2. The van der Waals surface area contributed by atoms with Gasteiger partial charge in [0.1, 0.15) is 11.5 Å². The van der Waals surface area contributed by atoms with E-state index in [1.807, 2.05) is 6.07 Å². The molecule has 2 aromatic carbocycles. The fourth-order valence-corrected chi connectivity index (χ4v) is 2.77. The van der Waals surface area contributed by atoms with Crippen molar-refractivity contribution in [1.82, 2.24) is 0 Å². The number of halogens is 1. The van der Waals surface area contributed by atoms with E-state index in [-0.39, 0.29) is 5.75 Å². The van der Waals surface area contributed by atoms with Crippen LogP contribution in [0.4, 0.5) is 0 Å². The van der Waals surface area contributed by atoms with Crippen LogP contribution in [-0.2, 0) is 15.9 Å². The average molecular weight is 327 g/mol. The molecule has 0 heterocycles. The maximum Gasteiger partial charge on any atom is 0.313 e. The first-order chi connectivity index (χ1) is 8.55. The van der Waals surface area contributed by atoms with Gasteiger partial charge in [-0.3, -0.25) is 0 Å². The molecule has 0 aliphatic rings. The lowest BCUT2D eigenvalue weighted by Gasteiger charge is -2.07. The van der Waals surface area contributed by atoms with E-state index in [1.54, 1.807) is 48.5 Å². The SMILES string of the molecule is O=S(=O)(Cc1ccccc1)Oc1ccc(Br)cc1. The largest absolute Gasteiger partial charge is 0.382 e. The fraction of sp³-hybridized carbons (Fsp3) is 0.0769. The van der Waals surface area contributed by atoms with Crippen LogP contribution in [0, 0.1) is 0 Å². The standard InChI is InChI=1S/C13H11BrO3S/c14-12-6-8-13(9-7-12)17-18(15,16)10-11-4-2-1-3-5-11/h1-9H,10H2. The summed E-state index contributed by atoms with van der Waals surface area (Å²) in [5.41, 5.74) is 0.703. The van der Waals surface area contributed by atoms with Gasteiger partial charge < -0.3 is 4.18 Å². The molecule has 2 aromatic rings. The molecule has 0 aliphatic heterocycles. The Morgan fingerprint density at radius 1 is 0.944 bits per heavy atom. The van der Waals surface area contributed by atoms with E-state index in [0.29, 0.717) is 11.3 Å². The van der Waals surface area contributed by atoms with E-state index in [9.17, 15) is 8.42 Å². The average Bonchev–Trinajstić information content (AvgIpc) is 2.32. The van der Waals surface area contributed by atoms with Gasteiger partial charge in [0.15, 0.2) is 0 Å². The monoisotopic (exact) mass is 326 g/mol. The Balaban J connectivity index is 2.10. The molecule has 0 unspecified atom stereocenters. The summed E-state index contributed by atoms with van der Waals surface area (Å²) >= 11 is 3.27. The molecule has 3 nitrogen and oxygen atoms in total. The van der Waals surface area contributed by atoms with E-state index in [2.05, 4.69) is 15.9 Å². The molecular weight excluding hydrogens is 316 g/mol. The van der Waals surface area contributed by atoms with Crippen molar-refractivity contribution in [3.63, 3.8) is 0 Å². The van der Waals surface area contributed by atoms with Gasteiger partial charge in [0.25, 0.3) is 0 Å². The second-order valence-electron chi connectivity index (χ2n) is 3.72. The molecule has 0 aromatic heterocycles. The Bertz CT molecular complexity index is 606. The summed E-state index contributed by atoms with van der Waals surface area (Å²) in [5.74, 6) is 0.179. The van der Waals surface area contributed by atoms with Gasteiger partial charge in [-0.05, 0) is 29.8 Å². The Morgan fingerprint density at radius 3 is 2.17 bits per heavy atom. The van der Waals surface area contributed by atoms with Crippen LogP contribution >= 0.6 is 15.9 Å². The summed E-state index contributed by atoms with van der Waals surface area (Å²) in [7, 11) is -3.62. The molecule has 18 heavy (non-hydrogen) atoms. The van der Waals surface area contributed by atoms with Gasteiger partial charge >= 0.3 is 10.1 Å². The van der Waals surface area contributed by atoms with Gasteiger partial charge in [0, 0.05) is 4.47 Å². The zero-order chi connectivity index (χ0) is 13.0. The molecule has 0 radical (unpaired) electrons. The predicted molar refractivity (Wildman–Crippen MR) is 73.8 cm³/mol. The van der Waals surface area contributed by atoms with E-state index < -0.39 is 10.1 Å². The Hall–Kier alpha value is -1.33. The van der Waals surface area contributed by atoms with Gasteiger partial charge in [-0.25, -0.2) is 0 Å². The van der Waals surface area contributed by atoms with Crippen molar-refractivity contribution in [2.75, 3.05) is 0 Å². The van der Waals surface area contributed by atoms with Crippen molar-refractivity contribution in [3.05, 3.63) is 64.6 Å². The summed E-state index contributed by atoms with van der Waals surface area (Å²) in [6, 6.07) is 15.6. The van der Waals surface area contributed by atoms with Crippen LogP contribution in [0.1, 0.15) is 5.56 Å². The highest BCUT2D eigenvalue weighted by Crippen LogP contribution is 2.19. The van der Waals surface area contributed by atoms with Gasteiger partial charge in [0.2, 0.25) is 0 Å². The Morgan fingerprint density at radius 2 is 1.56 bits per heavy atom. The molecule has 0 amide bonds. The topological polar surface area (TPSA) is 43.4 Å². The van der Waals surface area contributed by atoms with Crippen molar-refractivity contribution >= 4 is 26.0 Å². The van der Waals surface area contributed by atoms with Crippen LogP contribution in [0.2, 0.25) is 0 Å². The van der Waals surface area contributed by atoms with Crippen molar-refractivity contribution in [2.45, 2.75) is 5.75 Å². The van der Waals surface area contributed by atoms with Gasteiger partial charge in [-0.1, -0.05) is 46.3 Å². The number of benzene rings is 2. The smallest absolute Gasteiger partial charge is 0.313 e. The molecule has 94 valence electrons. The summed E-state index contributed by atoms with van der Waals surface area (Å²) in [4.78, 5) is 0. The molecular formula is C13H11BrO3S. The molecule has 0 aliphatic carbocycles. The molecule has 0 saturated carbocycles. The minimum Gasteiger partial charge on any atom is -0.382 e. The van der Waals surface area contributed by atoms with Crippen LogP contribution < -0.4 is 4.18 Å². The van der Waals surface area contributed by atoms with E-state index >= 15 is 0 Å². The highest BCUT2D eigenvalue weighted by molar-refractivity contribution is 9.10. The third-order valence-electron chi connectivity index (χ3n) is 2.22. The van der Waals surface area contributed by atoms with Crippen molar-refractivity contribution < 1.29 is 12.6 Å². The maximum atomic E-state index is 11.8. The Kier molecular flexibility index (Phi) is 4.04. The highest BCUT2D eigenvalue weighted by atomic mass is 79.9. The molecule has 0 fully saturated rings. The van der Waals surface area contributed by atoms with Crippen LogP contribution in [-0.4, -0.2) is 8.42 Å². The van der Waals surface area contributed by atoms with E-state index in [0.717, 1.165) is 4.47 Å². The number of hydrogen-bond donors (Lipinski definition) is 0. The van der Waals surface area contributed by atoms with Gasteiger partial charge in [-0.15, -0.1) is 0 Å². The fourth-order valence-electron chi connectivity index (χ4n) is 1.44. The number of rotatable bonds is 4. The first-order valence-corrected chi connectivity index (χ1v) is 7.64. The Labute approximate surface area is 115 Å². The van der Waals surface area contributed by atoms with Crippen molar-refractivity contribution in [1.29, 1.82) is 0 Å². The minimum atomic E-state index is -3.62. The summed E-state index contributed by atoms with van der Waals surface area (Å²) in [6.07, 6.45) is 0. The molecule has 0 N–H and O–H groups in total. The number of hydrogen-bond acceptors (Lipinski definition) is 3. The van der Waals surface area contributed by atoms with Crippen molar-refractivity contribution in [2.24, 2.45) is 0 Å². The second kappa shape index (κ2) is 5.54. The van der Waals surface area contributed by atoms with Crippen LogP contribution in [0.3, 0.4) is 0 Å². The lowest BCUT2D eigenvalue weighted by molar-refractivity contribution is 0.485. The molecule has 2 rings (SSSR count). The molecule has 5 heteroatoms. The summed E-state index contributed by atoms with van der Waals surface area (Å²) in [6.45, 7) is 0. The quantitative estimate of drug-likeness (QED) is 0.809. The van der Waals surface area contributed by atoms with Crippen LogP contribution in [0.25, 0.3) is 0 Å². The first-order valence-electron chi connectivity index (χ1n) is 5.27. The maximum absolute atomic E-state index is 11.8. The highest BCUT2D eigenvalue weighted by Gasteiger charge is 2.13. The zero-order valence-corrected chi connectivity index (χ0v) is 11.8. The van der Waals surface area contributed by atoms with Crippen LogP contribution in [0.15, 0.2) is 59.1 Å². The second-order valence-corrected chi connectivity index (χ2v) is 6.21. The lowest BCUT2D eigenvalue weighted by Crippen LogP contribution is -2.11. The molecule has 0 atom stereocenters. The molecule has 0 spiro atoms. The first kappa shape index (κ1) is 13.1. The van der Waals surface area contributed by atoms with E-state index in [1.165, 1.54) is 0 Å². The third-order valence-corrected chi connectivity index (χ3v) is 3.89. The van der Waals surface area contributed by atoms with E-state index in [4.69, 9.17) is 4.18 Å². The minimum absolute atomic E-state index is 0.135. The summed E-state index contributed by atoms with van der Waals surface area (Å²) < 4.78 is 29.5. The van der Waals surface area contributed by atoms with Crippen LogP contribution in [0.5, 0.6) is 5.75 Å². The van der Waals surface area contributed by atoms with Crippen molar-refractivity contribution in [3.8, 4) is 5.75 Å². The van der Waals surface area contributed by atoms with Gasteiger partial charge in [-0.2, -0.15) is 8.42 Å². The van der Waals surface area contributed by atoms with Gasteiger partial charge in [0.05, 0.1) is 0 Å². The normalized spacial score (nSPS) is 11.2. The molecule has 0 bridgehead atoms. The predicted octanol–water partition coefficient (Wildman–Crippen LogP) is 3.36. The summed E-state index contributed by atoms with van der Waals surface area (Å²) in [5, 5.41) is 0. The third kappa shape index (κ3) is 3.85. The zero-order valence-electron chi connectivity index (χ0n) is 9.41.